The number of aryl methyl sites for hydroxylation is 1. The third-order valence-corrected chi connectivity index (χ3v) is 5.87. The van der Waals surface area contributed by atoms with Gasteiger partial charge in [-0.05, 0) is 32.0 Å². The van der Waals surface area contributed by atoms with Gasteiger partial charge in [-0.2, -0.15) is 0 Å². The minimum absolute atomic E-state index is 0.244. The van der Waals surface area contributed by atoms with Crippen molar-refractivity contribution in [2.24, 2.45) is 5.41 Å². The van der Waals surface area contributed by atoms with Crippen molar-refractivity contribution in [1.82, 2.24) is 14.8 Å². The van der Waals surface area contributed by atoms with Crippen LogP contribution in [0.5, 0.6) is 0 Å². The van der Waals surface area contributed by atoms with Gasteiger partial charge in [-0.15, -0.1) is 11.3 Å². The summed E-state index contributed by atoms with van der Waals surface area (Å²) in [4.78, 5) is 9.65. The van der Waals surface area contributed by atoms with E-state index in [2.05, 4.69) is 33.2 Å². The van der Waals surface area contributed by atoms with Crippen LogP contribution in [-0.2, 0) is 17.8 Å². The van der Waals surface area contributed by atoms with E-state index >= 15 is 0 Å². The predicted molar refractivity (Wildman–Crippen MR) is 94.0 cm³/mol. The Labute approximate surface area is 147 Å². The first-order valence-corrected chi connectivity index (χ1v) is 9.55. The van der Waals surface area contributed by atoms with E-state index in [0.717, 1.165) is 63.3 Å². The van der Waals surface area contributed by atoms with Crippen LogP contribution in [-0.4, -0.2) is 54.2 Å². The van der Waals surface area contributed by atoms with Gasteiger partial charge in [-0.1, -0.05) is 0 Å². The summed E-state index contributed by atoms with van der Waals surface area (Å²) in [5.41, 5.74) is 1.44. The van der Waals surface area contributed by atoms with Gasteiger partial charge in [0.1, 0.15) is 5.76 Å². The largest absolute Gasteiger partial charge is 0.468 e. The fourth-order valence-electron chi connectivity index (χ4n) is 3.96. The molecule has 1 atom stereocenters. The van der Waals surface area contributed by atoms with Crippen LogP contribution in [0, 0.1) is 12.3 Å². The first-order valence-electron chi connectivity index (χ1n) is 8.67. The monoisotopic (exact) mass is 347 g/mol. The highest BCUT2D eigenvalue weighted by Gasteiger charge is 2.41. The third-order valence-electron chi connectivity index (χ3n) is 5.05. The maximum absolute atomic E-state index is 5.98. The summed E-state index contributed by atoms with van der Waals surface area (Å²) in [6, 6.07) is 4.03. The number of furan rings is 1. The fourth-order valence-corrected chi connectivity index (χ4v) is 4.56. The average Bonchev–Trinajstić information content (AvgIpc) is 3.25. The van der Waals surface area contributed by atoms with Crippen molar-refractivity contribution in [2.75, 3.05) is 39.4 Å². The number of hydrogen-bond acceptors (Lipinski definition) is 6. The SMILES string of the molecule is Cc1nc(CN2CCOCC3(CCN(Cc4ccco4)C3)C2)cs1. The van der Waals surface area contributed by atoms with E-state index in [1.54, 1.807) is 17.6 Å². The molecule has 2 aliphatic rings. The lowest BCUT2D eigenvalue weighted by molar-refractivity contribution is 0.0700. The molecule has 130 valence electrons. The van der Waals surface area contributed by atoms with E-state index in [-0.39, 0.29) is 5.41 Å². The van der Waals surface area contributed by atoms with Crippen molar-refractivity contribution in [3.63, 3.8) is 0 Å². The molecule has 2 aliphatic heterocycles. The molecule has 1 spiro atoms. The predicted octanol–water partition coefficient (Wildman–Crippen LogP) is 2.77. The van der Waals surface area contributed by atoms with E-state index in [1.165, 1.54) is 12.1 Å². The molecule has 5 nitrogen and oxygen atoms in total. The number of aromatic nitrogens is 1. The zero-order valence-corrected chi connectivity index (χ0v) is 15.1. The first-order chi connectivity index (χ1) is 11.7. The number of nitrogens with zero attached hydrogens (tertiary/aromatic N) is 3. The Balaban J connectivity index is 1.40. The fraction of sp³-hybridized carbons (Fsp3) is 0.611. The molecule has 2 fully saturated rings. The zero-order valence-electron chi connectivity index (χ0n) is 14.2. The quantitative estimate of drug-likeness (QED) is 0.851. The highest BCUT2D eigenvalue weighted by Crippen LogP contribution is 2.34. The smallest absolute Gasteiger partial charge is 0.117 e. The molecule has 4 heterocycles. The lowest BCUT2D eigenvalue weighted by atomic mass is 9.87. The Kier molecular flexibility index (Phi) is 4.72. The first kappa shape index (κ1) is 16.3. The highest BCUT2D eigenvalue weighted by molar-refractivity contribution is 7.09. The molecule has 2 aromatic heterocycles. The van der Waals surface area contributed by atoms with E-state index in [9.17, 15) is 0 Å². The summed E-state index contributed by atoms with van der Waals surface area (Å²) in [6.45, 7) is 9.90. The van der Waals surface area contributed by atoms with Gasteiger partial charge in [0.25, 0.3) is 0 Å². The molecular weight excluding hydrogens is 322 g/mol. The minimum Gasteiger partial charge on any atom is -0.468 e. The van der Waals surface area contributed by atoms with E-state index in [4.69, 9.17) is 9.15 Å². The van der Waals surface area contributed by atoms with E-state index in [1.807, 2.05) is 6.07 Å². The van der Waals surface area contributed by atoms with Crippen LogP contribution in [0.15, 0.2) is 28.2 Å². The lowest BCUT2D eigenvalue weighted by Gasteiger charge is -2.31. The van der Waals surface area contributed by atoms with Crippen LogP contribution in [0.1, 0.15) is 22.9 Å². The van der Waals surface area contributed by atoms with Crippen LogP contribution in [0.2, 0.25) is 0 Å². The number of ether oxygens (including phenoxy) is 1. The average molecular weight is 347 g/mol. The summed E-state index contributed by atoms with van der Waals surface area (Å²) in [6.07, 6.45) is 2.95. The molecule has 0 N–H and O–H groups in total. The van der Waals surface area contributed by atoms with Crippen LogP contribution in [0.25, 0.3) is 0 Å². The summed E-state index contributed by atoms with van der Waals surface area (Å²) < 4.78 is 11.5. The summed E-state index contributed by atoms with van der Waals surface area (Å²) in [5, 5.41) is 3.34. The Morgan fingerprint density at radius 1 is 1.25 bits per heavy atom. The van der Waals surface area contributed by atoms with E-state index in [0.29, 0.717) is 0 Å². The van der Waals surface area contributed by atoms with Gasteiger partial charge in [0.15, 0.2) is 0 Å². The molecule has 6 heteroatoms. The van der Waals surface area contributed by atoms with Gasteiger partial charge in [-0.25, -0.2) is 4.98 Å². The molecule has 0 aliphatic carbocycles. The Morgan fingerprint density at radius 2 is 2.12 bits per heavy atom. The van der Waals surface area contributed by atoms with Gasteiger partial charge >= 0.3 is 0 Å². The van der Waals surface area contributed by atoms with Crippen molar-refractivity contribution >= 4 is 11.3 Å². The second kappa shape index (κ2) is 6.96. The maximum atomic E-state index is 5.98. The second-order valence-corrected chi connectivity index (χ2v) is 8.22. The van der Waals surface area contributed by atoms with Crippen molar-refractivity contribution < 1.29 is 9.15 Å². The highest BCUT2D eigenvalue weighted by atomic mass is 32.1. The van der Waals surface area contributed by atoms with Crippen LogP contribution < -0.4 is 0 Å². The molecule has 0 aromatic carbocycles. The Hall–Kier alpha value is -1.21. The molecule has 2 saturated heterocycles. The number of thiazole rings is 1. The van der Waals surface area contributed by atoms with Crippen molar-refractivity contribution in [3.8, 4) is 0 Å². The van der Waals surface area contributed by atoms with Gasteiger partial charge in [0.05, 0.1) is 36.7 Å². The lowest BCUT2D eigenvalue weighted by Crippen LogP contribution is -2.40. The maximum Gasteiger partial charge on any atom is 0.117 e. The molecule has 0 saturated carbocycles. The number of likely N-dealkylation sites (tertiary alicyclic amines) is 1. The zero-order chi connectivity index (χ0) is 16.4. The van der Waals surface area contributed by atoms with Gasteiger partial charge in [0.2, 0.25) is 0 Å². The Bertz CT molecular complexity index is 657. The molecule has 2 aromatic rings. The standard InChI is InChI=1S/C18H25N3O2S/c1-15-19-16(11-24-15)9-21-6-8-22-14-18(13-21)4-5-20(12-18)10-17-3-2-7-23-17/h2-3,7,11H,4-6,8-10,12-14H2,1H3. The molecular formula is C18H25N3O2S. The normalized spacial score (nSPS) is 26.2. The number of rotatable bonds is 4. The summed E-state index contributed by atoms with van der Waals surface area (Å²) >= 11 is 1.74. The molecule has 0 bridgehead atoms. The van der Waals surface area contributed by atoms with Crippen LogP contribution >= 0.6 is 11.3 Å². The summed E-state index contributed by atoms with van der Waals surface area (Å²) in [7, 11) is 0. The van der Waals surface area contributed by atoms with E-state index < -0.39 is 0 Å². The minimum atomic E-state index is 0.244. The van der Waals surface area contributed by atoms with Gasteiger partial charge in [-0.3, -0.25) is 9.80 Å². The molecule has 1 unspecified atom stereocenters. The van der Waals surface area contributed by atoms with Crippen LogP contribution in [0.3, 0.4) is 0 Å². The van der Waals surface area contributed by atoms with Crippen molar-refractivity contribution in [2.45, 2.75) is 26.4 Å². The second-order valence-electron chi connectivity index (χ2n) is 7.16. The van der Waals surface area contributed by atoms with Crippen molar-refractivity contribution in [1.29, 1.82) is 0 Å². The third kappa shape index (κ3) is 3.72. The molecule has 4 rings (SSSR count). The molecule has 24 heavy (non-hydrogen) atoms. The molecule has 0 radical (unpaired) electrons. The van der Waals surface area contributed by atoms with Gasteiger partial charge in [0, 0.05) is 37.0 Å². The van der Waals surface area contributed by atoms with Crippen molar-refractivity contribution in [3.05, 3.63) is 40.2 Å². The topological polar surface area (TPSA) is 41.7 Å². The number of hydrogen-bond donors (Lipinski definition) is 0. The molecule has 0 amide bonds. The van der Waals surface area contributed by atoms with Crippen LogP contribution in [0.4, 0.5) is 0 Å². The Morgan fingerprint density at radius 3 is 2.88 bits per heavy atom. The summed E-state index contributed by atoms with van der Waals surface area (Å²) in [5.74, 6) is 1.05. The van der Waals surface area contributed by atoms with Gasteiger partial charge < -0.3 is 9.15 Å².